The molecule has 0 aromatic heterocycles. The summed E-state index contributed by atoms with van der Waals surface area (Å²) in [5.74, 6) is 0.521. The summed E-state index contributed by atoms with van der Waals surface area (Å²) >= 11 is 0. The molecule has 0 radical (unpaired) electrons. The van der Waals surface area contributed by atoms with Crippen molar-refractivity contribution in [2.75, 3.05) is 13.7 Å². The molecule has 0 bridgehead atoms. The Kier molecular flexibility index (Phi) is 6.57. The van der Waals surface area contributed by atoms with Crippen LogP contribution < -0.4 is 0 Å². The van der Waals surface area contributed by atoms with E-state index >= 15 is 0 Å². The third-order valence-electron chi connectivity index (χ3n) is 2.75. The van der Waals surface area contributed by atoms with Gasteiger partial charge in [-0.15, -0.1) is 0 Å². The average molecular weight is 215 g/mol. The standard InChI is InChI=1S/C12H25NO2/c1-7-15-12(14)11(5)13(6)10(4)8-9(2)3/h9-11H,7-8H2,1-6H3. The SMILES string of the molecule is CCOC(=O)C(C)N(C)C(C)CC(C)C. The summed E-state index contributed by atoms with van der Waals surface area (Å²) in [6, 6.07) is 0.253. The number of carbonyl (C=O) groups excluding carboxylic acids is 1. The summed E-state index contributed by atoms with van der Waals surface area (Å²) in [5.41, 5.74) is 0. The Morgan fingerprint density at radius 1 is 1.27 bits per heavy atom. The van der Waals surface area contributed by atoms with Gasteiger partial charge in [0.2, 0.25) is 0 Å². The quantitative estimate of drug-likeness (QED) is 0.637. The van der Waals surface area contributed by atoms with Crippen LogP contribution >= 0.6 is 0 Å². The van der Waals surface area contributed by atoms with E-state index in [9.17, 15) is 4.79 Å². The largest absolute Gasteiger partial charge is 0.465 e. The molecule has 0 spiro atoms. The summed E-state index contributed by atoms with van der Waals surface area (Å²) in [6.07, 6.45) is 1.10. The van der Waals surface area contributed by atoms with Gasteiger partial charge in [-0.1, -0.05) is 13.8 Å². The van der Waals surface area contributed by atoms with Gasteiger partial charge < -0.3 is 4.74 Å². The van der Waals surface area contributed by atoms with E-state index in [4.69, 9.17) is 4.74 Å². The number of carbonyl (C=O) groups is 1. The molecule has 0 amide bonds. The van der Waals surface area contributed by atoms with Crippen molar-refractivity contribution in [3.8, 4) is 0 Å². The monoisotopic (exact) mass is 215 g/mol. The highest BCUT2D eigenvalue weighted by atomic mass is 16.5. The number of rotatable bonds is 6. The van der Waals surface area contributed by atoms with E-state index in [0.717, 1.165) is 6.42 Å². The van der Waals surface area contributed by atoms with Crippen molar-refractivity contribution in [3.05, 3.63) is 0 Å². The lowest BCUT2D eigenvalue weighted by atomic mass is 10.0. The number of nitrogens with zero attached hydrogens (tertiary/aromatic N) is 1. The van der Waals surface area contributed by atoms with Crippen molar-refractivity contribution in [3.63, 3.8) is 0 Å². The first-order valence-corrected chi connectivity index (χ1v) is 5.78. The minimum absolute atomic E-state index is 0.129. The molecule has 0 rings (SSSR count). The van der Waals surface area contributed by atoms with Crippen LogP contribution in [0.4, 0.5) is 0 Å². The highest BCUT2D eigenvalue weighted by molar-refractivity contribution is 5.75. The summed E-state index contributed by atoms with van der Waals surface area (Å²) in [7, 11) is 1.98. The molecule has 0 aliphatic carbocycles. The first-order chi connectivity index (χ1) is 6.90. The zero-order valence-electron chi connectivity index (χ0n) is 10.9. The minimum Gasteiger partial charge on any atom is -0.465 e. The Labute approximate surface area is 93.8 Å². The number of ether oxygens (including phenoxy) is 1. The van der Waals surface area contributed by atoms with Gasteiger partial charge in [0.1, 0.15) is 6.04 Å². The maximum absolute atomic E-state index is 11.5. The van der Waals surface area contributed by atoms with Crippen molar-refractivity contribution in [1.82, 2.24) is 4.90 Å². The van der Waals surface area contributed by atoms with E-state index in [2.05, 4.69) is 25.7 Å². The molecular formula is C12H25NO2. The van der Waals surface area contributed by atoms with E-state index in [-0.39, 0.29) is 12.0 Å². The summed E-state index contributed by atoms with van der Waals surface area (Å²) in [4.78, 5) is 13.6. The maximum Gasteiger partial charge on any atom is 0.323 e. The van der Waals surface area contributed by atoms with E-state index < -0.39 is 0 Å². The van der Waals surface area contributed by atoms with E-state index in [0.29, 0.717) is 18.6 Å². The van der Waals surface area contributed by atoms with Crippen molar-refractivity contribution >= 4 is 5.97 Å². The molecule has 0 aliphatic rings. The van der Waals surface area contributed by atoms with Gasteiger partial charge in [0.15, 0.2) is 0 Å². The molecule has 2 unspecified atom stereocenters. The predicted octanol–water partition coefficient (Wildman–Crippen LogP) is 2.30. The molecule has 3 nitrogen and oxygen atoms in total. The van der Waals surface area contributed by atoms with Crippen LogP contribution in [0.2, 0.25) is 0 Å². The van der Waals surface area contributed by atoms with Gasteiger partial charge in [-0.2, -0.15) is 0 Å². The van der Waals surface area contributed by atoms with Gasteiger partial charge in [-0.25, -0.2) is 0 Å². The number of esters is 1. The van der Waals surface area contributed by atoms with E-state index in [1.165, 1.54) is 0 Å². The lowest BCUT2D eigenvalue weighted by Crippen LogP contribution is -2.43. The molecule has 90 valence electrons. The molecule has 0 saturated heterocycles. The molecule has 0 aromatic rings. The minimum atomic E-state index is -0.154. The van der Waals surface area contributed by atoms with E-state index in [1.807, 2.05) is 20.9 Å². The lowest BCUT2D eigenvalue weighted by Gasteiger charge is -2.30. The fraction of sp³-hybridized carbons (Fsp3) is 0.917. The van der Waals surface area contributed by atoms with Crippen LogP contribution in [-0.2, 0) is 9.53 Å². The molecule has 2 atom stereocenters. The highest BCUT2D eigenvalue weighted by Crippen LogP contribution is 2.12. The summed E-state index contributed by atoms with van der Waals surface area (Å²) in [6.45, 7) is 10.7. The van der Waals surface area contributed by atoms with Gasteiger partial charge in [0.05, 0.1) is 6.61 Å². The highest BCUT2D eigenvalue weighted by Gasteiger charge is 2.23. The van der Waals surface area contributed by atoms with Gasteiger partial charge >= 0.3 is 5.97 Å². The first-order valence-electron chi connectivity index (χ1n) is 5.78. The second-order valence-electron chi connectivity index (χ2n) is 4.57. The predicted molar refractivity (Wildman–Crippen MR) is 62.8 cm³/mol. The third-order valence-corrected chi connectivity index (χ3v) is 2.75. The lowest BCUT2D eigenvalue weighted by molar-refractivity contribution is -0.149. The Bertz CT molecular complexity index is 192. The molecule has 0 saturated carbocycles. The second-order valence-corrected chi connectivity index (χ2v) is 4.57. The maximum atomic E-state index is 11.5. The fourth-order valence-corrected chi connectivity index (χ4v) is 1.66. The van der Waals surface area contributed by atoms with Crippen LogP contribution in [0.15, 0.2) is 0 Å². The molecule has 3 heteroatoms. The Morgan fingerprint density at radius 2 is 1.80 bits per heavy atom. The molecule has 0 heterocycles. The summed E-state index contributed by atoms with van der Waals surface area (Å²) < 4.78 is 5.00. The van der Waals surface area contributed by atoms with Gasteiger partial charge in [0.25, 0.3) is 0 Å². The first kappa shape index (κ1) is 14.4. The Hall–Kier alpha value is -0.570. The fourth-order valence-electron chi connectivity index (χ4n) is 1.66. The zero-order valence-corrected chi connectivity index (χ0v) is 10.9. The second kappa shape index (κ2) is 6.83. The number of hydrogen-bond acceptors (Lipinski definition) is 3. The van der Waals surface area contributed by atoms with Crippen molar-refractivity contribution in [2.45, 2.75) is 53.1 Å². The smallest absolute Gasteiger partial charge is 0.323 e. The van der Waals surface area contributed by atoms with Crippen LogP contribution in [-0.4, -0.2) is 36.6 Å². The Morgan fingerprint density at radius 3 is 2.20 bits per heavy atom. The van der Waals surface area contributed by atoms with Crippen LogP contribution in [0.5, 0.6) is 0 Å². The summed E-state index contributed by atoms with van der Waals surface area (Å²) in [5, 5.41) is 0. The molecule has 0 aromatic carbocycles. The average Bonchev–Trinajstić information content (AvgIpc) is 2.14. The van der Waals surface area contributed by atoms with Crippen molar-refractivity contribution in [1.29, 1.82) is 0 Å². The Balaban J connectivity index is 4.17. The zero-order chi connectivity index (χ0) is 12.0. The van der Waals surface area contributed by atoms with Crippen LogP contribution in [0.1, 0.15) is 41.0 Å². The molecular weight excluding hydrogens is 190 g/mol. The normalized spacial score (nSPS) is 15.5. The van der Waals surface area contributed by atoms with Crippen LogP contribution in [0.3, 0.4) is 0 Å². The van der Waals surface area contributed by atoms with E-state index in [1.54, 1.807) is 0 Å². The van der Waals surface area contributed by atoms with Crippen molar-refractivity contribution in [2.24, 2.45) is 5.92 Å². The number of hydrogen-bond donors (Lipinski definition) is 0. The van der Waals surface area contributed by atoms with Gasteiger partial charge in [0, 0.05) is 6.04 Å². The van der Waals surface area contributed by atoms with Crippen LogP contribution in [0.25, 0.3) is 0 Å². The molecule has 15 heavy (non-hydrogen) atoms. The molecule has 0 aliphatic heterocycles. The number of likely N-dealkylation sites (N-methyl/N-ethyl adjacent to an activating group) is 1. The van der Waals surface area contributed by atoms with Crippen LogP contribution in [0, 0.1) is 5.92 Å². The van der Waals surface area contributed by atoms with Gasteiger partial charge in [-0.3, -0.25) is 9.69 Å². The topological polar surface area (TPSA) is 29.5 Å². The molecule has 0 fully saturated rings. The molecule has 0 N–H and O–H groups in total. The van der Waals surface area contributed by atoms with Gasteiger partial charge in [-0.05, 0) is 40.2 Å². The van der Waals surface area contributed by atoms with Crippen molar-refractivity contribution < 1.29 is 9.53 Å². The third kappa shape index (κ3) is 5.17.